The summed E-state index contributed by atoms with van der Waals surface area (Å²) in [6.07, 6.45) is 6.52. The zero-order valence-corrected chi connectivity index (χ0v) is 14.7. The third kappa shape index (κ3) is 3.81. The van der Waals surface area contributed by atoms with Crippen molar-refractivity contribution in [3.63, 3.8) is 0 Å². The molecule has 3 N–H and O–H groups in total. The highest BCUT2D eigenvalue weighted by Crippen LogP contribution is 2.40. The highest BCUT2D eigenvalue weighted by molar-refractivity contribution is 5.82. The van der Waals surface area contributed by atoms with Gasteiger partial charge in [0.05, 0.1) is 6.04 Å². The second-order valence-corrected chi connectivity index (χ2v) is 7.55. The predicted molar refractivity (Wildman–Crippen MR) is 95.9 cm³/mol. The third-order valence-electron chi connectivity index (χ3n) is 5.87. The number of aryl methyl sites for hydroxylation is 1. The largest absolute Gasteiger partial charge is 0.381 e. The fraction of sp³-hybridized carbons (Fsp3) is 0.650. The van der Waals surface area contributed by atoms with Crippen LogP contribution >= 0.6 is 0 Å². The number of amides is 1. The number of rotatable bonds is 5. The number of nitrogens with one attached hydrogen (secondary N) is 1. The Bertz CT molecular complexity index is 561. The van der Waals surface area contributed by atoms with Crippen molar-refractivity contribution in [1.82, 2.24) is 5.32 Å². The molecule has 0 radical (unpaired) electrons. The molecule has 1 aliphatic heterocycles. The average molecular weight is 330 g/mol. The lowest BCUT2D eigenvalue weighted by atomic mass is 9.78. The van der Waals surface area contributed by atoms with Crippen molar-refractivity contribution in [2.75, 3.05) is 19.8 Å². The van der Waals surface area contributed by atoms with Gasteiger partial charge in [-0.05, 0) is 44.1 Å². The lowest BCUT2D eigenvalue weighted by Crippen LogP contribution is -2.50. The summed E-state index contributed by atoms with van der Waals surface area (Å²) >= 11 is 0. The summed E-state index contributed by atoms with van der Waals surface area (Å²) in [6, 6.07) is 8.33. The van der Waals surface area contributed by atoms with E-state index in [2.05, 4.69) is 36.5 Å². The molecule has 0 aromatic heterocycles. The molecular weight excluding hydrogens is 300 g/mol. The van der Waals surface area contributed by atoms with E-state index < -0.39 is 6.04 Å². The molecular formula is C20H30N2O2. The molecule has 2 aliphatic rings. The molecule has 24 heavy (non-hydrogen) atoms. The van der Waals surface area contributed by atoms with Crippen LogP contribution in [0.3, 0.4) is 0 Å². The van der Waals surface area contributed by atoms with Crippen LogP contribution in [0.15, 0.2) is 24.3 Å². The smallest absolute Gasteiger partial charge is 0.237 e. The van der Waals surface area contributed by atoms with Gasteiger partial charge in [-0.15, -0.1) is 0 Å². The van der Waals surface area contributed by atoms with Crippen molar-refractivity contribution in [2.45, 2.75) is 56.9 Å². The molecule has 1 aromatic rings. The Morgan fingerprint density at radius 2 is 2.04 bits per heavy atom. The van der Waals surface area contributed by atoms with Crippen molar-refractivity contribution < 1.29 is 9.53 Å². The summed E-state index contributed by atoms with van der Waals surface area (Å²) in [4.78, 5) is 12.6. The number of hydrogen-bond donors (Lipinski definition) is 2. The Balaban J connectivity index is 1.65. The highest BCUT2D eigenvalue weighted by Gasteiger charge is 2.37. The van der Waals surface area contributed by atoms with E-state index >= 15 is 0 Å². The molecule has 1 heterocycles. The van der Waals surface area contributed by atoms with Crippen LogP contribution in [-0.4, -0.2) is 31.7 Å². The van der Waals surface area contributed by atoms with Crippen LogP contribution in [0.2, 0.25) is 0 Å². The first-order chi connectivity index (χ1) is 11.6. The van der Waals surface area contributed by atoms with Gasteiger partial charge in [0.2, 0.25) is 5.91 Å². The Morgan fingerprint density at radius 1 is 1.33 bits per heavy atom. The van der Waals surface area contributed by atoms with Crippen molar-refractivity contribution in [3.05, 3.63) is 35.4 Å². The van der Waals surface area contributed by atoms with Crippen LogP contribution in [0, 0.1) is 12.8 Å². The van der Waals surface area contributed by atoms with Crippen molar-refractivity contribution in [2.24, 2.45) is 11.7 Å². The molecule has 0 bridgehead atoms. The van der Waals surface area contributed by atoms with E-state index in [0.717, 1.165) is 38.9 Å². The molecule has 3 rings (SSSR count). The van der Waals surface area contributed by atoms with E-state index in [-0.39, 0.29) is 17.2 Å². The second-order valence-electron chi connectivity index (χ2n) is 7.55. The molecule has 1 saturated carbocycles. The minimum Gasteiger partial charge on any atom is -0.381 e. The molecule has 4 heteroatoms. The molecule has 1 saturated heterocycles. The predicted octanol–water partition coefficient (Wildman–Crippen LogP) is 2.68. The molecule has 132 valence electrons. The van der Waals surface area contributed by atoms with Gasteiger partial charge in [-0.1, -0.05) is 42.7 Å². The maximum Gasteiger partial charge on any atom is 0.237 e. The molecule has 4 nitrogen and oxygen atoms in total. The SMILES string of the molecule is Cc1cccc(C2(CNC(=O)C(N)C3CCOCC3)CCCC2)c1. The van der Waals surface area contributed by atoms with Gasteiger partial charge in [-0.2, -0.15) is 0 Å². The second kappa shape index (κ2) is 7.66. The Labute approximate surface area is 145 Å². The van der Waals surface area contributed by atoms with E-state index in [1.165, 1.54) is 24.0 Å². The van der Waals surface area contributed by atoms with Crippen molar-refractivity contribution in [1.29, 1.82) is 0 Å². The standard InChI is InChI=1S/C20H30N2O2/c1-15-5-4-6-17(13-15)20(9-2-3-10-20)14-22-19(23)18(21)16-7-11-24-12-8-16/h4-6,13,16,18H,2-3,7-12,14,21H2,1H3,(H,22,23). The number of nitrogens with two attached hydrogens (primary N) is 1. The summed E-state index contributed by atoms with van der Waals surface area (Å²) in [7, 11) is 0. The highest BCUT2D eigenvalue weighted by atomic mass is 16.5. The van der Waals surface area contributed by atoms with Gasteiger partial charge in [0, 0.05) is 25.2 Å². The monoisotopic (exact) mass is 330 g/mol. The fourth-order valence-corrected chi connectivity index (χ4v) is 4.26. The zero-order chi connectivity index (χ0) is 17.0. The first-order valence-electron chi connectivity index (χ1n) is 9.29. The molecule has 1 atom stereocenters. The molecule has 1 unspecified atom stereocenters. The first kappa shape index (κ1) is 17.4. The van der Waals surface area contributed by atoms with Gasteiger partial charge in [-0.3, -0.25) is 4.79 Å². The van der Waals surface area contributed by atoms with Gasteiger partial charge in [0.1, 0.15) is 0 Å². The minimum atomic E-state index is -0.412. The number of carbonyl (C=O) groups excluding carboxylic acids is 1. The summed E-state index contributed by atoms with van der Waals surface area (Å²) in [6.45, 7) is 4.27. The average Bonchev–Trinajstić information content (AvgIpc) is 3.10. The van der Waals surface area contributed by atoms with Gasteiger partial charge in [-0.25, -0.2) is 0 Å². The molecule has 1 aromatic carbocycles. The molecule has 1 aliphatic carbocycles. The van der Waals surface area contributed by atoms with Crippen LogP contribution in [0.5, 0.6) is 0 Å². The normalized spacial score (nSPS) is 22.2. The Morgan fingerprint density at radius 3 is 2.71 bits per heavy atom. The summed E-state index contributed by atoms with van der Waals surface area (Å²) < 4.78 is 5.37. The van der Waals surface area contributed by atoms with E-state index in [1.807, 2.05) is 0 Å². The van der Waals surface area contributed by atoms with Crippen LogP contribution in [-0.2, 0) is 14.9 Å². The zero-order valence-electron chi connectivity index (χ0n) is 14.7. The molecule has 2 fully saturated rings. The number of hydrogen-bond acceptors (Lipinski definition) is 3. The summed E-state index contributed by atoms with van der Waals surface area (Å²) in [5.41, 5.74) is 8.94. The summed E-state index contributed by atoms with van der Waals surface area (Å²) in [5.74, 6) is 0.248. The van der Waals surface area contributed by atoms with Crippen LogP contribution in [0.25, 0.3) is 0 Å². The topological polar surface area (TPSA) is 64.4 Å². The Kier molecular flexibility index (Phi) is 5.57. The first-order valence-corrected chi connectivity index (χ1v) is 9.29. The number of carbonyl (C=O) groups is 1. The molecule has 1 amide bonds. The van der Waals surface area contributed by atoms with Gasteiger partial charge in [0.15, 0.2) is 0 Å². The number of benzene rings is 1. The van der Waals surface area contributed by atoms with Crippen molar-refractivity contribution in [3.8, 4) is 0 Å². The van der Waals surface area contributed by atoms with Crippen molar-refractivity contribution >= 4 is 5.91 Å². The lowest BCUT2D eigenvalue weighted by Gasteiger charge is -2.32. The van der Waals surface area contributed by atoms with Crippen LogP contribution in [0.1, 0.15) is 49.7 Å². The van der Waals surface area contributed by atoms with Gasteiger partial charge in [0.25, 0.3) is 0 Å². The van der Waals surface area contributed by atoms with E-state index in [1.54, 1.807) is 0 Å². The van der Waals surface area contributed by atoms with Crippen LogP contribution < -0.4 is 11.1 Å². The Hall–Kier alpha value is -1.39. The van der Waals surface area contributed by atoms with E-state index in [9.17, 15) is 4.79 Å². The quantitative estimate of drug-likeness (QED) is 0.872. The third-order valence-corrected chi connectivity index (χ3v) is 5.87. The van der Waals surface area contributed by atoms with Crippen LogP contribution in [0.4, 0.5) is 0 Å². The minimum absolute atomic E-state index is 0.000767. The fourth-order valence-electron chi connectivity index (χ4n) is 4.26. The maximum absolute atomic E-state index is 12.6. The lowest BCUT2D eigenvalue weighted by molar-refractivity contribution is -0.124. The van der Waals surface area contributed by atoms with Gasteiger partial charge >= 0.3 is 0 Å². The summed E-state index contributed by atoms with van der Waals surface area (Å²) in [5, 5.41) is 3.18. The van der Waals surface area contributed by atoms with E-state index in [0.29, 0.717) is 6.54 Å². The van der Waals surface area contributed by atoms with E-state index in [4.69, 9.17) is 10.5 Å². The molecule has 0 spiro atoms. The number of ether oxygens (including phenoxy) is 1. The maximum atomic E-state index is 12.6. The van der Waals surface area contributed by atoms with Gasteiger partial charge < -0.3 is 15.8 Å².